The molecule has 0 unspecified atom stereocenters. The Morgan fingerprint density at radius 1 is 1.52 bits per heavy atom. The van der Waals surface area contributed by atoms with Gasteiger partial charge < -0.3 is 21.0 Å². The van der Waals surface area contributed by atoms with Crippen LogP contribution in [0.5, 0.6) is 5.75 Å². The monoisotopic (exact) mass is 307 g/mol. The third-order valence-corrected chi connectivity index (χ3v) is 3.54. The summed E-state index contributed by atoms with van der Waals surface area (Å²) in [6, 6.07) is 4.77. The van der Waals surface area contributed by atoms with Crippen molar-refractivity contribution in [1.29, 1.82) is 0 Å². The first-order valence-corrected chi connectivity index (χ1v) is 6.60. The van der Waals surface area contributed by atoms with Crippen LogP contribution in [0.4, 0.5) is 5.69 Å². The Labute approximate surface area is 124 Å². The number of hydrogen-bond donors (Lipinski definition) is 3. The molecule has 9 heteroatoms. The zero-order chi connectivity index (χ0) is 15.4. The summed E-state index contributed by atoms with van der Waals surface area (Å²) in [5, 5.41) is 18.1. The van der Waals surface area contributed by atoms with Crippen LogP contribution in [0, 0.1) is 6.92 Å². The SMILES string of the molecule is COc1cc(/C(N)=N/O)ccc1NC(=O)c1snnc1C. The molecule has 0 aliphatic rings. The number of benzene rings is 1. The van der Waals surface area contributed by atoms with Gasteiger partial charge in [0, 0.05) is 5.56 Å². The predicted molar refractivity (Wildman–Crippen MR) is 78.1 cm³/mol. The van der Waals surface area contributed by atoms with Crippen LogP contribution in [0.25, 0.3) is 0 Å². The predicted octanol–water partition coefficient (Wildman–Crippen LogP) is 1.20. The van der Waals surface area contributed by atoms with Gasteiger partial charge in [0.15, 0.2) is 5.84 Å². The average molecular weight is 307 g/mol. The summed E-state index contributed by atoms with van der Waals surface area (Å²) < 4.78 is 8.91. The number of methoxy groups -OCH3 is 1. The number of aromatic nitrogens is 2. The Hall–Kier alpha value is -2.68. The van der Waals surface area contributed by atoms with Gasteiger partial charge in [-0.25, -0.2) is 0 Å². The second-order valence-corrected chi connectivity index (χ2v) is 4.80. The minimum absolute atomic E-state index is 0.0475. The second-order valence-electron chi connectivity index (χ2n) is 4.04. The van der Waals surface area contributed by atoms with Crippen molar-refractivity contribution in [3.05, 3.63) is 34.3 Å². The number of nitrogens with zero attached hydrogens (tertiary/aromatic N) is 3. The third kappa shape index (κ3) is 3.08. The molecule has 0 radical (unpaired) electrons. The summed E-state index contributed by atoms with van der Waals surface area (Å²) in [4.78, 5) is 12.5. The molecule has 8 nitrogen and oxygen atoms in total. The Kier molecular flexibility index (Phi) is 4.33. The van der Waals surface area contributed by atoms with E-state index in [4.69, 9.17) is 15.7 Å². The molecule has 0 saturated carbocycles. The van der Waals surface area contributed by atoms with Crippen molar-refractivity contribution in [2.24, 2.45) is 10.9 Å². The normalized spacial score (nSPS) is 11.2. The van der Waals surface area contributed by atoms with E-state index >= 15 is 0 Å². The van der Waals surface area contributed by atoms with Crippen LogP contribution >= 0.6 is 11.5 Å². The molecule has 0 aliphatic carbocycles. The largest absolute Gasteiger partial charge is 0.495 e. The first-order chi connectivity index (χ1) is 10.1. The maximum absolute atomic E-state index is 12.1. The van der Waals surface area contributed by atoms with E-state index in [9.17, 15) is 4.79 Å². The van der Waals surface area contributed by atoms with Crippen LogP contribution in [0.15, 0.2) is 23.4 Å². The van der Waals surface area contributed by atoms with E-state index in [2.05, 4.69) is 20.1 Å². The lowest BCUT2D eigenvalue weighted by Crippen LogP contribution is -2.15. The number of hydrogen-bond acceptors (Lipinski definition) is 7. The van der Waals surface area contributed by atoms with Crippen molar-refractivity contribution >= 4 is 29.0 Å². The third-order valence-electron chi connectivity index (χ3n) is 2.71. The number of anilines is 1. The van der Waals surface area contributed by atoms with Gasteiger partial charge >= 0.3 is 0 Å². The maximum Gasteiger partial charge on any atom is 0.269 e. The molecule has 0 atom stereocenters. The van der Waals surface area contributed by atoms with Gasteiger partial charge in [-0.2, -0.15) is 0 Å². The Bertz CT molecular complexity index is 698. The zero-order valence-electron chi connectivity index (χ0n) is 11.3. The van der Waals surface area contributed by atoms with Crippen molar-refractivity contribution in [2.45, 2.75) is 6.92 Å². The van der Waals surface area contributed by atoms with Gasteiger partial charge in [-0.1, -0.05) is 9.64 Å². The minimum Gasteiger partial charge on any atom is -0.495 e. The van der Waals surface area contributed by atoms with Gasteiger partial charge in [-0.15, -0.1) is 5.10 Å². The molecule has 0 saturated heterocycles. The summed E-state index contributed by atoms with van der Waals surface area (Å²) in [6.07, 6.45) is 0. The van der Waals surface area contributed by atoms with Crippen LogP contribution in [0.2, 0.25) is 0 Å². The first kappa shape index (κ1) is 14.7. The highest BCUT2D eigenvalue weighted by Gasteiger charge is 2.16. The molecule has 0 bridgehead atoms. The summed E-state index contributed by atoms with van der Waals surface area (Å²) in [7, 11) is 1.46. The minimum atomic E-state index is -0.322. The number of ether oxygens (including phenoxy) is 1. The summed E-state index contributed by atoms with van der Waals surface area (Å²) in [5.41, 5.74) is 7.01. The van der Waals surface area contributed by atoms with Gasteiger partial charge in [-0.3, -0.25) is 4.79 Å². The highest BCUT2D eigenvalue weighted by molar-refractivity contribution is 7.08. The zero-order valence-corrected chi connectivity index (χ0v) is 12.1. The van der Waals surface area contributed by atoms with Crippen LogP contribution in [0.1, 0.15) is 20.9 Å². The molecule has 110 valence electrons. The molecule has 0 fully saturated rings. The van der Waals surface area contributed by atoms with Crippen molar-refractivity contribution in [1.82, 2.24) is 9.59 Å². The highest BCUT2D eigenvalue weighted by Crippen LogP contribution is 2.26. The number of nitrogens with one attached hydrogen (secondary N) is 1. The van der Waals surface area contributed by atoms with Gasteiger partial charge in [0.1, 0.15) is 10.6 Å². The van der Waals surface area contributed by atoms with Crippen LogP contribution in [-0.2, 0) is 0 Å². The molecule has 1 amide bonds. The van der Waals surface area contributed by atoms with Crippen molar-refractivity contribution < 1.29 is 14.7 Å². The fourth-order valence-electron chi connectivity index (χ4n) is 1.63. The quantitative estimate of drug-likeness (QED) is 0.337. The van der Waals surface area contributed by atoms with E-state index in [1.54, 1.807) is 25.1 Å². The van der Waals surface area contributed by atoms with Crippen molar-refractivity contribution in [3.63, 3.8) is 0 Å². The molecule has 1 aromatic heterocycles. The lowest BCUT2D eigenvalue weighted by molar-refractivity contribution is 0.102. The molecule has 0 aliphatic heterocycles. The van der Waals surface area contributed by atoms with Gasteiger partial charge in [-0.05, 0) is 36.7 Å². The van der Waals surface area contributed by atoms with Crippen LogP contribution in [-0.4, -0.2) is 33.6 Å². The Morgan fingerprint density at radius 3 is 2.86 bits per heavy atom. The van der Waals surface area contributed by atoms with Gasteiger partial charge in [0.25, 0.3) is 5.91 Å². The van der Waals surface area contributed by atoms with Crippen LogP contribution < -0.4 is 15.8 Å². The number of amides is 1. The molecule has 2 aromatic rings. The standard InChI is InChI=1S/C12H13N5O3S/c1-6-10(21-17-15-6)12(18)14-8-4-3-7(11(13)16-19)5-9(8)20-2/h3-5,19H,1-2H3,(H2,13,16)(H,14,18). The van der Waals surface area contributed by atoms with E-state index in [1.165, 1.54) is 7.11 Å². The molecule has 2 rings (SSSR count). The summed E-state index contributed by atoms with van der Waals surface area (Å²) in [5.74, 6) is 0.0219. The molecule has 1 aromatic carbocycles. The summed E-state index contributed by atoms with van der Waals surface area (Å²) in [6.45, 7) is 1.71. The number of oxime groups is 1. The van der Waals surface area contributed by atoms with E-state index in [1.807, 2.05) is 0 Å². The number of rotatable bonds is 4. The molecular weight excluding hydrogens is 294 g/mol. The number of nitrogens with two attached hydrogens (primary N) is 1. The molecule has 0 spiro atoms. The second kappa shape index (κ2) is 6.18. The van der Waals surface area contributed by atoms with Crippen molar-refractivity contribution in [2.75, 3.05) is 12.4 Å². The molecular formula is C12H13N5O3S. The lowest BCUT2D eigenvalue weighted by atomic mass is 10.1. The fraction of sp³-hybridized carbons (Fsp3) is 0.167. The molecule has 21 heavy (non-hydrogen) atoms. The first-order valence-electron chi connectivity index (χ1n) is 5.83. The highest BCUT2D eigenvalue weighted by atomic mass is 32.1. The van der Waals surface area contributed by atoms with E-state index in [0.29, 0.717) is 27.6 Å². The Morgan fingerprint density at radius 2 is 2.29 bits per heavy atom. The van der Waals surface area contributed by atoms with E-state index in [-0.39, 0.29) is 11.7 Å². The lowest BCUT2D eigenvalue weighted by Gasteiger charge is -2.11. The van der Waals surface area contributed by atoms with Gasteiger partial charge in [0.2, 0.25) is 0 Å². The fourth-order valence-corrected chi connectivity index (χ4v) is 2.18. The number of amidine groups is 1. The van der Waals surface area contributed by atoms with Gasteiger partial charge in [0.05, 0.1) is 18.5 Å². The van der Waals surface area contributed by atoms with E-state index < -0.39 is 0 Å². The van der Waals surface area contributed by atoms with Crippen molar-refractivity contribution in [3.8, 4) is 5.75 Å². The topological polar surface area (TPSA) is 123 Å². The molecule has 4 N–H and O–H groups in total. The number of carbonyl (C=O) groups is 1. The smallest absolute Gasteiger partial charge is 0.269 e. The Balaban J connectivity index is 2.28. The number of carbonyl (C=O) groups excluding carboxylic acids is 1. The van der Waals surface area contributed by atoms with Crippen LogP contribution in [0.3, 0.4) is 0 Å². The maximum atomic E-state index is 12.1. The van der Waals surface area contributed by atoms with E-state index in [0.717, 1.165) is 11.5 Å². The molecule has 1 heterocycles. The number of aryl methyl sites for hydroxylation is 1. The average Bonchev–Trinajstić information content (AvgIpc) is 2.93. The summed E-state index contributed by atoms with van der Waals surface area (Å²) >= 11 is 1.02.